The normalized spacial score (nSPS) is 14.6. The van der Waals surface area contributed by atoms with Crippen LogP contribution in [-0.4, -0.2) is 19.7 Å². The van der Waals surface area contributed by atoms with Gasteiger partial charge >= 0.3 is 0 Å². The molecular formula is C23H23FN6O2. The zero-order valence-corrected chi connectivity index (χ0v) is 17.8. The van der Waals surface area contributed by atoms with Crippen molar-refractivity contribution in [2.45, 2.75) is 45.2 Å². The zero-order valence-electron chi connectivity index (χ0n) is 17.8. The maximum absolute atomic E-state index is 14.5. The third-order valence-corrected chi connectivity index (χ3v) is 5.77. The van der Waals surface area contributed by atoms with Crippen LogP contribution in [0.2, 0.25) is 0 Å². The van der Waals surface area contributed by atoms with Gasteiger partial charge in [-0.2, -0.15) is 4.98 Å². The molecule has 3 aromatic heterocycles. The topological polar surface area (TPSA) is 112 Å². The molecule has 1 aliphatic rings. The summed E-state index contributed by atoms with van der Waals surface area (Å²) in [6.45, 7) is 3.74. The molecule has 0 radical (unpaired) electrons. The molecule has 3 N–H and O–H groups in total. The smallest absolute Gasteiger partial charge is 0.263 e. The van der Waals surface area contributed by atoms with Crippen LogP contribution in [0.3, 0.4) is 0 Å². The first-order valence-corrected chi connectivity index (χ1v) is 10.6. The van der Waals surface area contributed by atoms with Crippen LogP contribution in [-0.2, 0) is 0 Å². The number of rotatable bonds is 6. The van der Waals surface area contributed by atoms with Crippen LogP contribution in [0.25, 0.3) is 22.2 Å². The second-order valence-electron chi connectivity index (χ2n) is 8.06. The number of benzene rings is 1. The molecule has 1 atom stereocenters. The van der Waals surface area contributed by atoms with Crippen LogP contribution in [0.15, 0.2) is 45.8 Å². The summed E-state index contributed by atoms with van der Waals surface area (Å²) in [4.78, 5) is 22.1. The number of pyridine rings is 2. The quantitative estimate of drug-likeness (QED) is 0.463. The van der Waals surface area contributed by atoms with Crippen LogP contribution >= 0.6 is 0 Å². The Labute approximate surface area is 183 Å². The SMILES string of the molecule is CC[C@H](Nc1nccc(N)c1-c1nc(C)no1)c1cc2cccc(F)c2c(=O)n1C1CC1. The first-order valence-electron chi connectivity index (χ1n) is 10.6. The fourth-order valence-electron chi connectivity index (χ4n) is 4.09. The van der Waals surface area contributed by atoms with Crippen molar-refractivity contribution in [2.24, 2.45) is 0 Å². The molecule has 8 nitrogen and oxygen atoms in total. The number of nitrogens with one attached hydrogen (secondary N) is 1. The largest absolute Gasteiger partial charge is 0.398 e. The summed E-state index contributed by atoms with van der Waals surface area (Å²) in [5, 5.41) is 7.98. The number of nitrogens with two attached hydrogens (primary N) is 1. The first kappa shape index (κ1) is 20.2. The molecule has 0 amide bonds. The van der Waals surface area contributed by atoms with Gasteiger partial charge in [0.1, 0.15) is 17.2 Å². The predicted molar refractivity (Wildman–Crippen MR) is 120 cm³/mol. The average molecular weight is 434 g/mol. The van der Waals surface area contributed by atoms with Gasteiger partial charge in [0.15, 0.2) is 5.82 Å². The Bertz CT molecular complexity index is 1370. The van der Waals surface area contributed by atoms with Gasteiger partial charge in [0.25, 0.3) is 11.4 Å². The van der Waals surface area contributed by atoms with Crippen molar-refractivity contribution in [3.63, 3.8) is 0 Å². The molecule has 0 bridgehead atoms. The standard InChI is InChI=1S/C23H23FN6O2/c1-3-17(28-21-20(16(25)9-10-26-21)22-27-12(2)29-32-22)18-11-13-5-4-6-15(24)19(13)23(31)30(18)14-7-8-14/h4-6,9-11,14,17H,3,7-8H2,1-2H3,(H3,25,26,28)/t17-/m0/s1. The molecule has 1 fully saturated rings. The summed E-state index contributed by atoms with van der Waals surface area (Å²) in [7, 11) is 0. The van der Waals surface area contributed by atoms with Gasteiger partial charge in [-0.05, 0) is 49.8 Å². The molecule has 5 rings (SSSR count). The van der Waals surface area contributed by atoms with Gasteiger partial charge in [0.2, 0.25) is 0 Å². The van der Waals surface area contributed by atoms with E-state index < -0.39 is 5.82 Å². The summed E-state index contributed by atoms with van der Waals surface area (Å²) < 4.78 is 21.6. The highest BCUT2D eigenvalue weighted by molar-refractivity contribution is 5.83. The molecule has 1 saturated carbocycles. The Morgan fingerprint density at radius 1 is 1.34 bits per heavy atom. The lowest BCUT2D eigenvalue weighted by Crippen LogP contribution is -2.27. The maximum atomic E-state index is 14.5. The van der Waals surface area contributed by atoms with Gasteiger partial charge in [-0.25, -0.2) is 9.37 Å². The van der Waals surface area contributed by atoms with Crippen LogP contribution in [0, 0.1) is 12.7 Å². The molecule has 0 saturated heterocycles. The summed E-state index contributed by atoms with van der Waals surface area (Å²) in [6.07, 6.45) is 4.05. The van der Waals surface area contributed by atoms with Gasteiger partial charge in [0.05, 0.1) is 11.4 Å². The highest BCUT2D eigenvalue weighted by Crippen LogP contribution is 2.39. The third-order valence-electron chi connectivity index (χ3n) is 5.77. The van der Waals surface area contributed by atoms with E-state index in [1.54, 1.807) is 35.9 Å². The van der Waals surface area contributed by atoms with Gasteiger partial charge < -0.3 is 20.1 Å². The van der Waals surface area contributed by atoms with Crippen molar-refractivity contribution in [2.75, 3.05) is 11.1 Å². The zero-order chi connectivity index (χ0) is 22.4. The first-order chi connectivity index (χ1) is 15.5. The van der Waals surface area contributed by atoms with Crippen molar-refractivity contribution in [3.05, 3.63) is 64.2 Å². The van der Waals surface area contributed by atoms with E-state index in [-0.39, 0.29) is 28.9 Å². The Balaban J connectivity index is 1.64. The van der Waals surface area contributed by atoms with Gasteiger partial charge in [0, 0.05) is 23.6 Å². The molecule has 0 unspecified atom stereocenters. The Hall–Kier alpha value is -3.75. The number of hydrogen-bond donors (Lipinski definition) is 2. The predicted octanol–water partition coefficient (Wildman–Crippen LogP) is 4.37. The summed E-state index contributed by atoms with van der Waals surface area (Å²) >= 11 is 0. The van der Waals surface area contributed by atoms with Crippen molar-refractivity contribution >= 4 is 22.3 Å². The van der Waals surface area contributed by atoms with E-state index in [1.165, 1.54) is 6.07 Å². The summed E-state index contributed by atoms with van der Waals surface area (Å²) in [5.74, 6) is 0.738. The molecule has 1 aliphatic carbocycles. The molecule has 0 aliphatic heterocycles. The molecule has 9 heteroatoms. The summed E-state index contributed by atoms with van der Waals surface area (Å²) in [6, 6.07) is 8.07. The maximum Gasteiger partial charge on any atom is 0.263 e. The second kappa shape index (κ2) is 7.74. The fourth-order valence-corrected chi connectivity index (χ4v) is 4.09. The van der Waals surface area contributed by atoms with Gasteiger partial charge in [-0.3, -0.25) is 4.79 Å². The minimum Gasteiger partial charge on any atom is -0.398 e. The Morgan fingerprint density at radius 3 is 2.84 bits per heavy atom. The number of anilines is 2. The molecule has 0 spiro atoms. The van der Waals surface area contributed by atoms with Crippen LogP contribution in [0.1, 0.15) is 49.8 Å². The Kier molecular flexibility index (Phi) is 4.88. The van der Waals surface area contributed by atoms with Crippen molar-refractivity contribution in [3.8, 4) is 11.5 Å². The lowest BCUT2D eigenvalue weighted by molar-refractivity contribution is 0.425. The van der Waals surface area contributed by atoms with E-state index in [1.807, 2.05) is 13.0 Å². The number of hydrogen-bond acceptors (Lipinski definition) is 7. The van der Waals surface area contributed by atoms with E-state index >= 15 is 0 Å². The van der Waals surface area contributed by atoms with Crippen LogP contribution < -0.4 is 16.6 Å². The second-order valence-corrected chi connectivity index (χ2v) is 8.06. The number of nitrogens with zero attached hydrogens (tertiary/aromatic N) is 4. The van der Waals surface area contributed by atoms with Crippen LogP contribution in [0.5, 0.6) is 0 Å². The van der Waals surface area contributed by atoms with Crippen LogP contribution in [0.4, 0.5) is 15.9 Å². The van der Waals surface area contributed by atoms with Crippen molar-refractivity contribution in [1.82, 2.24) is 19.7 Å². The highest BCUT2D eigenvalue weighted by atomic mass is 19.1. The lowest BCUT2D eigenvalue weighted by atomic mass is 10.0. The molecule has 1 aromatic carbocycles. The molecule has 4 aromatic rings. The lowest BCUT2D eigenvalue weighted by Gasteiger charge is -2.24. The van der Waals surface area contributed by atoms with Crippen molar-refractivity contribution < 1.29 is 8.91 Å². The number of fused-ring (bicyclic) bond motifs is 1. The van der Waals surface area contributed by atoms with Gasteiger partial charge in [-0.1, -0.05) is 24.2 Å². The van der Waals surface area contributed by atoms with E-state index in [0.29, 0.717) is 34.7 Å². The monoisotopic (exact) mass is 434 g/mol. The minimum absolute atomic E-state index is 0.0734. The average Bonchev–Trinajstić information content (AvgIpc) is 3.51. The van der Waals surface area contributed by atoms with E-state index in [9.17, 15) is 9.18 Å². The fraction of sp³-hybridized carbons (Fsp3) is 0.304. The summed E-state index contributed by atoms with van der Waals surface area (Å²) in [5.41, 5.74) is 7.66. The Morgan fingerprint density at radius 2 is 2.16 bits per heavy atom. The highest BCUT2D eigenvalue weighted by Gasteiger charge is 2.31. The third kappa shape index (κ3) is 3.39. The van der Waals surface area contributed by atoms with E-state index in [4.69, 9.17) is 10.3 Å². The number of aromatic nitrogens is 4. The molecule has 32 heavy (non-hydrogen) atoms. The minimum atomic E-state index is -0.499. The van der Waals surface area contributed by atoms with Gasteiger partial charge in [-0.15, -0.1) is 0 Å². The number of halogens is 1. The van der Waals surface area contributed by atoms with E-state index in [0.717, 1.165) is 18.5 Å². The number of aryl methyl sites for hydroxylation is 1. The molecule has 164 valence electrons. The van der Waals surface area contributed by atoms with E-state index in [2.05, 4.69) is 20.4 Å². The molecular weight excluding hydrogens is 411 g/mol. The van der Waals surface area contributed by atoms with Crippen molar-refractivity contribution in [1.29, 1.82) is 0 Å². The number of nitrogen functional groups attached to an aromatic ring is 1. The molecule has 3 heterocycles.